The van der Waals surface area contributed by atoms with Crippen LogP contribution in [0.4, 0.5) is 5.69 Å². The zero-order valence-corrected chi connectivity index (χ0v) is 13.4. The van der Waals surface area contributed by atoms with Crippen molar-refractivity contribution >= 4 is 24.0 Å². The van der Waals surface area contributed by atoms with Crippen molar-refractivity contribution in [2.75, 3.05) is 31.7 Å². The second-order valence-corrected chi connectivity index (χ2v) is 5.18. The summed E-state index contributed by atoms with van der Waals surface area (Å²) in [5.74, 6) is 0.649. The van der Waals surface area contributed by atoms with Crippen molar-refractivity contribution in [3.63, 3.8) is 0 Å². The highest BCUT2D eigenvalue weighted by molar-refractivity contribution is 5.95. The van der Waals surface area contributed by atoms with E-state index in [9.17, 15) is 4.79 Å². The Morgan fingerprint density at radius 3 is 2.82 bits per heavy atom. The Morgan fingerprint density at radius 1 is 1.45 bits per heavy atom. The summed E-state index contributed by atoms with van der Waals surface area (Å²) in [5, 5.41) is 2.94. The maximum Gasteiger partial charge on any atom is 0.232 e. The summed E-state index contributed by atoms with van der Waals surface area (Å²) in [6.07, 6.45) is 2.99. The minimum absolute atomic E-state index is 0. The molecule has 5 nitrogen and oxygen atoms in total. The highest BCUT2D eigenvalue weighted by Gasteiger charge is 2.38. The van der Waals surface area contributed by atoms with Gasteiger partial charge in [-0.25, -0.2) is 0 Å². The van der Waals surface area contributed by atoms with Crippen molar-refractivity contribution in [1.82, 2.24) is 0 Å². The molecule has 0 saturated carbocycles. The molecule has 1 aromatic rings. The molecule has 2 rings (SSSR count). The smallest absolute Gasteiger partial charge is 0.232 e. The maximum absolute atomic E-state index is 12.5. The van der Waals surface area contributed by atoms with E-state index in [-0.39, 0.29) is 18.3 Å². The summed E-state index contributed by atoms with van der Waals surface area (Å²) in [6.45, 7) is 5.52. The molecule has 1 aromatic carbocycles. The number of carbonyl (C=O) groups excluding carboxylic acids is 1. The molecule has 1 aliphatic heterocycles. The van der Waals surface area contributed by atoms with Crippen molar-refractivity contribution in [2.24, 2.45) is 11.1 Å². The molecule has 1 aliphatic rings. The van der Waals surface area contributed by atoms with Gasteiger partial charge in [-0.1, -0.05) is 18.7 Å². The van der Waals surface area contributed by atoms with Crippen LogP contribution in [0.25, 0.3) is 0 Å². The Bertz CT molecular complexity index is 502. The molecule has 0 spiro atoms. The van der Waals surface area contributed by atoms with Gasteiger partial charge in [0.2, 0.25) is 5.91 Å². The second-order valence-electron chi connectivity index (χ2n) is 5.18. The van der Waals surface area contributed by atoms with Gasteiger partial charge in [-0.2, -0.15) is 0 Å². The summed E-state index contributed by atoms with van der Waals surface area (Å²) in [6, 6.07) is 7.31. The van der Waals surface area contributed by atoms with E-state index < -0.39 is 5.41 Å². The van der Waals surface area contributed by atoms with E-state index in [2.05, 4.69) is 11.9 Å². The molecule has 3 N–H and O–H groups in total. The zero-order chi connectivity index (χ0) is 15.1. The number of halogens is 1. The SMILES string of the molecule is C=CCOc1cccc(NC(=O)C2(CN)CCOCC2)c1.Cl. The number of rotatable bonds is 6. The molecule has 0 bridgehead atoms. The van der Waals surface area contributed by atoms with Crippen LogP contribution in [0.15, 0.2) is 36.9 Å². The number of benzene rings is 1. The van der Waals surface area contributed by atoms with Crippen molar-refractivity contribution in [3.05, 3.63) is 36.9 Å². The lowest BCUT2D eigenvalue weighted by Crippen LogP contribution is -2.46. The van der Waals surface area contributed by atoms with E-state index >= 15 is 0 Å². The van der Waals surface area contributed by atoms with E-state index in [1.807, 2.05) is 18.2 Å². The Morgan fingerprint density at radius 2 is 2.18 bits per heavy atom. The van der Waals surface area contributed by atoms with Crippen LogP contribution >= 0.6 is 12.4 Å². The first-order chi connectivity index (χ1) is 10.2. The molecule has 6 heteroatoms. The van der Waals surface area contributed by atoms with Crippen molar-refractivity contribution < 1.29 is 14.3 Å². The van der Waals surface area contributed by atoms with Gasteiger partial charge < -0.3 is 20.5 Å². The molecule has 1 heterocycles. The van der Waals surface area contributed by atoms with E-state index in [1.54, 1.807) is 12.1 Å². The van der Waals surface area contributed by atoms with Gasteiger partial charge in [-0.15, -0.1) is 12.4 Å². The van der Waals surface area contributed by atoms with Gasteiger partial charge in [0.05, 0.1) is 5.41 Å². The van der Waals surface area contributed by atoms with E-state index in [0.29, 0.717) is 50.6 Å². The molecule has 0 atom stereocenters. The van der Waals surface area contributed by atoms with Gasteiger partial charge >= 0.3 is 0 Å². The fraction of sp³-hybridized carbons (Fsp3) is 0.438. The summed E-state index contributed by atoms with van der Waals surface area (Å²) in [5.41, 5.74) is 6.01. The molecule has 1 fully saturated rings. The number of carbonyl (C=O) groups is 1. The van der Waals surface area contributed by atoms with Gasteiger partial charge in [0.15, 0.2) is 0 Å². The number of nitrogens with one attached hydrogen (secondary N) is 1. The van der Waals surface area contributed by atoms with Crippen LogP contribution in [-0.2, 0) is 9.53 Å². The van der Waals surface area contributed by atoms with Gasteiger partial charge in [0.25, 0.3) is 0 Å². The second kappa shape index (κ2) is 8.78. The summed E-state index contributed by atoms with van der Waals surface area (Å²) in [7, 11) is 0. The quantitative estimate of drug-likeness (QED) is 0.787. The molecule has 1 saturated heterocycles. The number of hydrogen-bond acceptors (Lipinski definition) is 4. The van der Waals surface area contributed by atoms with Crippen LogP contribution in [0.5, 0.6) is 5.75 Å². The van der Waals surface area contributed by atoms with Crippen LogP contribution in [0.3, 0.4) is 0 Å². The van der Waals surface area contributed by atoms with Gasteiger partial charge in [0.1, 0.15) is 12.4 Å². The van der Waals surface area contributed by atoms with E-state index in [0.717, 1.165) is 0 Å². The molecule has 22 heavy (non-hydrogen) atoms. The molecule has 0 unspecified atom stereocenters. The largest absolute Gasteiger partial charge is 0.489 e. The first kappa shape index (κ1) is 18.5. The van der Waals surface area contributed by atoms with E-state index in [4.69, 9.17) is 15.2 Å². The Balaban J connectivity index is 0.00000242. The van der Waals surface area contributed by atoms with Crippen LogP contribution in [0.1, 0.15) is 12.8 Å². The fourth-order valence-electron chi connectivity index (χ4n) is 2.37. The Labute approximate surface area is 137 Å². The molecular weight excluding hydrogens is 304 g/mol. The number of ether oxygens (including phenoxy) is 2. The zero-order valence-electron chi connectivity index (χ0n) is 12.5. The third-order valence-corrected chi connectivity index (χ3v) is 3.78. The first-order valence-electron chi connectivity index (χ1n) is 7.13. The molecule has 0 aliphatic carbocycles. The summed E-state index contributed by atoms with van der Waals surface area (Å²) in [4.78, 5) is 12.5. The Hall–Kier alpha value is -1.56. The van der Waals surface area contributed by atoms with Crippen molar-refractivity contribution in [3.8, 4) is 5.75 Å². The lowest BCUT2D eigenvalue weighted by atomic mass is 9.79. The van der Waals surface area contributed by atoms with Crippen LogP contribution in [0.2, 0.25) is 0 Å². The Kier molecular flexibility index (Phi) is 7.38. The van der Waals surface area contributed by atoms with Gasteiger partial charge in [-0.3, -0.25) is 4.79 Å². The lowest BCUT2D eigenvalue weighted by Gasteiger charge is -2.34. The minimum atomic E-state index is -0.532. The van der Waals surface area contributed by atoms with E-state index in [1.165, 1.54) is 0 Å². The molecule has 0 radical (unpaired) electrons. The molecular formula is C16H23ClN2O3. The third-order valence-electron chi connectivity index (χ3n) is 3.78. The third kappa shape index (κ3) is 4.47. The lowest BCUT2D eigenvalue weighted by molar-refractivity contribution is -0.130. The highest BCUT2D eigenvalue weighted by Crippen LogP contribution is 2.31. The average molecular weight is 327 g/mol. The van der Waals surface area contributed by atoms with Crippen molar-refractivity contribution in [2.45, 2.75) is 12.8 Å². The van der Waals surface area contributed by atoms with Crippen LogP contribution in [0, 0.1) is 5.41 Å². The molecule has 1 amide bonds. The van der Waals surface area contributed by atoms with Crippen LogP contribution in [-0.4, -0.2) is 32.3 Å². The summed E-state index contributed by atoms with van der Waals surface area (Å²) < 4.78 is 10.8. The first-order valence-corrected chi connectivity index (χ1v) is 7.13. The number of amides is 1. The average Bonchev–Trinajstić information content (AvgIpc) is 2.54. The number of hydrogen-bond donors (Lipinski definition) is 2. The fourth-order valence-corrected chi connectivity index (χ4v) is 2.37. The highest BCUT2D eigenvalue weighted by atomic mass is 35.5. The number of nitrogens with two attached hydrogens (primary N) is 1. The number of anilines is 1. The normalized spacial score (nSPS) is 16.2. The standard InChI is InChI=1S/C16H22N2O3.ClH/c1-2-8-21-14-5-3-4-13(11-14)18-15(19)16(12-17)6-9-20-10-7-16;/h2-5,11H,1,6-10,12,17H2,(H,18,19);1H. The minimum Gasteiger partial charge on any atom is -0.489 e. The molecule has 0 aromatic heterocycles. The predicted molar refractivity (Wildman–Crippen MR) is 89.6 cm³/mol. The summed E-state index contributed by atoms with van der Waals surface area (Å²) >= 11 is 0. The van der Waals surface area contributed by atoms with Gasteiger partial charge in [-0.05, 0) is 25.0 Å². The topological polar surface area (TPSA) is 73.6 Å². The maximum atomic E-state index is 12.5. The monoisotopic (exact) mass is 326 g/mol. The predicted octanol–water partition coefficient (Wildman–Crippen LogP) is 2.37. The van der Waals surface area contributed by atoms with Gasteiger partial charge in [0, 0.05) is 31.5 Å². The van der Waals surface area contributed by atoms with Crippen LogP contribution < -0.4 is 15.8 Å². The molecule has 122 valence electrons. The van der Waals surface area contributed by atoms with Crippen molar-refractivity contribution in [1.29, 1.82) is 0 Å².